The van der Waals surface area contributed by atoms with Gasteiger partial charge < -0.3 is 10.1 Å². The molecule has 0 spiro atoms. The lowest BCUT2D eigenvalue weighted by Gasteiger charge is -2.28. The second-order valence-electron chi connectivity index (χ2n) is 4.34. The Bertz CT molecular complexity index is 309. The first-order valence-corrected chi connectivity index (χ1v) is 5.88. The Morgan fingerprint density at radius 2 is 2.19 bits per heavy atom. The van der Waals surface area contributed by atoms with Gasteiger partial charge in [0.1, 0.15) is 0 Å². The van der Waals surface area contributed by atoms with Crippen molar-refractivity contribution in [2.45, 2.75) is 32.9 Å². The maximum atomic E-state index is 5.81. The zero-order valence-electron chi connectivity index (χ0n) is 10.9. The van der Waals surface area contributed by atoms with E-state index in [-0.39, 0.29) is 12.1 Å². The Hall–Kier alpha value is -0.870. The van der Waals surface area contributed by atoms with Crippen molar-refractivity contribution in [3.63, 3.8) is 0 Å². The molecule has 1 heterocycles. The first-order chi connectivity index (χ1) is 7.60. The number of nitrogens with zero attached hydrogens (tertiary/aromatic N) is 2. The van der Waals surface area contributed by atoms with Crippen molar-refractivity contribution in [3.8, 4) is 0 Å². The lowest BCUT2D eigenvalue weighted by atomic mass is 9.97. The van der Waals surface area contributed by atoms with Gasteiger partial charge in [-0.05, 0) is 26.0 Å². The van der Waals surface area contributed by atoms with E-state index in [2.05, 4.69) is 24.3 Å². The summed E-state index contributed by atoms with van der Waals surface area (Å²) in [7, 11) is 3.88. The first kappa shape index (κ1) is 13.2. The smallest absolute Gasteiger partial charge is 0.0820 e. The monoisotopic (exact) mass is 225 g/mol. The summed E-state index contributed by atoms with van der Waals surface area (Å²) in [5.74, 6) is 0.458. The maximum absolute atomic E-state index is 5.81. The highest BCUT2D eigenvalue weighted by molar-refractivity contribution is 5.08. The molecule has 0 aliphatic heterocycles. The molecule has 0 fully saturated rings. The van der Waals surface area contributed by atoms with Crippen LogP contribution in [0, 0.1) is 5.92 Å². The fraction of sp³-hybridized carbons (Fsp3) is 0.750. The third-order valence-corrected chi connectivity index (χ3v) is 2.71. The van der Waals surface area contributed by atoms with Crippen molar-refractivity contribution < 1.29 is 4.74 Å². The molecule has 2 atom stereocenters. The molecular weight excluding hydrogens is 202 g/mol. The highest BCUT2D eigenvalue weighted by Crippen LogP contribution is 2.23. The molecule has 0 radical (unpaired) electrons. The van der Waals surface area contributed by atoms with E-state index < -0.39 is 0 Å². The largest absolute Gasteiger partial charge is 0.376 e. The van der Waals surface area contributed by atoms with Crippen LogP contribution in [0.2, 0.25) is 0 Å². The minimum atomic E-state index is 0.154. The Morgan fingerprint density at radius 1 is 1.50 bits per heavy atom. The van der Waals surface area contributed by atoms with Gasteiger partial charge in [0.15, 0.2) is 0 Å². The summed E-state index contributed by atoms with van der Waals surface area (Å²) in [4.78, 5) is 0. The Labute approximate surface area is 98.0 Å². The van der Waals surface area contributed by atoms with Gasteiger partial charge in [-0.3, -0.25) is 4.68 Å². The van der Waals surface area contributed by atoms with E-state index in [1.165, 1.54) is 0 Å². The molecule has 0 saturated heterocycles. The van der Waals surface area contributed by atoms with Gasteiger partial charge in [-0.15, -0.1) is 0 Å². The van der Waals surface area contributed by atoms with Gasteiger partial charge in [-0.1, -0.05) is 13.8 Å². The number of aryl methyl sites for hydroxylation is 1. The van der Waals surface area contributed by atoms with Gasteiger partial charge in [0.2, 0.25) is 0 Å². The lowest BCUT2D eigenvalue weighted by Crippen LogP contribution is -2.36. The number of hydrogen-bond acceptors (Lipinski definition) is 3. The van der Waals surface area contributed by atoms with Crippen molar-refractivity contribution in [3.05, 3.63) is 18.0 Å². The van der Waals surface area contributed by atoms with Crippen LogP contribution in [0.3, 0.4) is 0 Å². The second-order valence-corrected chi connectivity index (χ2v) is 4.34. The summed E-state index contributed by atoms with van der Waals surface area (Å²) in [5, 5.41) is 7.74. The van der Waals surface area contributed by atoms with Crippen LogP contribution in [0.4, 0.5) is 0 Å². The molecule has 92 valence electrons. The molecule has 4 nitrogen and oxygen atoms in total. The number of rotatable bonds is 6. The van der Waals surface area contributed by atoms with Crippen molar-refractivity contribution >= 4 is 0 Å². The van der Waals surface area contributed by atoms with Gasteiger partial charge in [0.05, 0.1) is 17.8 Å². The van der Waals surface area contributed by atoms with Gasteiger partial charge in [0, 0.05) is 19.9 Å². The van der Waals surface area contributed by atoms with Crippen molar-refractivity contribution in [2.75, 3.05) is 13.7 Å². The van der Waals surface area contributed by atoms with E-state index in [1.807, 2.05) is 38.0 Å². The normalized spacial score (nSPS) is 15.4. The molecular formula is C12H23N3O. The van der Waals surface area contributed by atoms with Crippen LogP contribution in [-0.2, 0) is 11.8 Å². The minimum absolute atomic E-state index is 0.154. The lowest BCUT2D eigenvalue weighted by molar-refractivity contribution is 0.00351. The van der Waals surface area contributed by atoms with Crippen LogP contribution in [0.5, 0.6) is 0 Å². The summed E-state index contributed by atoms with van der Waals surface area (Å²) >= 11 is 0. The summed E-state index contributed by atoms with van der Waals surface area (Å²) in [5.41, 5.74) is 1.04. The minimum Gasteiger partial charge on any atom is -0.376 e. The van der Waals surface area contributed by atoms with Crippen LogP contribution in [0.25, 0.3) is 0 Å². The Morgan fingerprint density at radius 3 is 2.56 bits per heavy atom. The third-order valence-electron chi connectivity index (χ3n) is 2.71. The van der Waals surface area contributed by atoms with E-state index in [1.54, 1.807) is 0 Å². The van der Waals surface area contributed by atoms with Gasteiger partial charge in [-0.25, -0.2) is 0 Å². The molecule has 0 bridgehead atoms. The fourth-order valence-electron chi connectivity index (χ4n) is 1.95. The van der Waals surface area contributed by atoms with Crippen LogP contribution in [0.1, 0.15) is 32.5 Å². The second kappa shape index (κ2) is 6.01. The summed E-state index contributed by atoms with van der Waals surface area (Å²) in [6.45, 7) is 7.11. The van der Waals surface area contributed by atoms with E-state index in [0.29, 0.717) is 5.92 Å². The highest BCUT2D eigenvalue weighted by atomic mass is 16.5. The predicted molar refractivity (Wildman–Crippen MR) is 65.3 cm³/mol. The summed E-state index contributed by atoms with van der Waals surface area (Å²) in [6, 6.07) is 2.19. The van der Waals surface area contributed by atoms with Crippen molar-refractivity contribution in [1.29, 1.82) is 0 Å². The number of ether oxygens (including phenoxy) is 1. The van der Waals surface area contributed by atoms with Crippen LogP contribution >= 0.6 is 0 Å². The van der Waals surface area contributed by atoms with Crippen LogP contribution in [-0.4, -0.2) is 29.5 Å². The zero-order chi connectivity index (χ0) is 12.1. The molecule has 1 N–H and O–H groups in total. The molecule has 1 aromatic heterocycles. The average Bonchev–Trinajstić information content (AvgIpc) is 2.64. The van der Waals surface area contributed by atoms with Gasteiger partial charge >= 0.3 is 0 Å². The molecule has 2 unspecified atom stereocenters. The number of aromatic nitrogens is 2. The Kier molecular flexibility index (Phi) is 4.96. The molecule has 1 aromatic rings. The molecule has 0 saturated carbocycles. The fourth-order valence-corrected chi connectivity index (χ4v) is 1.95. The molecule has 1 rings (SSSR count). The molecule has 16 heavy (non-hydrogen) atoms. The van der Waals surface area contributed by atoms with Gasteiger partial charge in [-0.2, -0.15) is 5.10 Å². The van der Waals surface area contributed by atoms with Gasteiger partial charge in [0.25, 0.3) is 0 Å². The third kappa shape index (κ3) is 3.06. The van der Waals surface area contributed by atoms with Crippen LogP contribution < -0.4 is 5.32 Å². The maximum Gasteiger partial charge on any atom is 0.0820 e. The molecule has 0 aliphatic carbocycles. The van der Waals surface area contributed by atoms with Crippen molar-refractivity contribution in [1.82, 2.24) is 15.1 Å². The summed E-state index contributed by atoms with van der Waals surface area (Å²) in [6.07, 6.45) is 2.12. The standard InChI is InChI=1S/C12H23N3O/c1-6-16-12(9(2)3)11(13-4)10-7-8-15(5)14-10/h7-9,11-13H,6H2,1-5H3. The van der Waals surface area contributed by atoms with E-state index in [0.717, 1.165) is 12.3 Å². The molecule has 0 amide bonds. The molecule has 0 aromatic carbocycles. The SMILES string of the molecule is CCOC(C(C)C)C(NC)c1ccn(C)n1. The Balaban J connectivity index is 2.85. The van der Waals surface area contributed by atoms with E-state index in [4.69, 9.17) is 4.74 Å². The zero-order valence-corrected chi connectivity index (χ0v) is 10.9. The van der Waals surface area contributed by atoms with Crippen LogP contribution in [0.15, 0.2) is 12.3 Å². The highest BCUT2D eigenvalue weighted by Gasteiger charge is 2.26. The molecule has 4 heteroatoms. The van der Waals surface area contributed by atoms with E-state index in [9.17, 15) is 0 Å². The van der Waals surface area contributed by atoms with E-state index >= 15 is 0 Å². The number of likely N-dealkylation sites (N-methyl/N-ethyl adjacent to an activating group) is 1. The number of nitrogens with one attached hydrogen (secondary N) is 1. The van der Waals surface area contributed by atoms with Crippen molar-refractivity contribution in [2.24, 2.45) is 13.0 Å². The predicted octanol–water partition coefficient (Wildman–Crippen LogP) is 1.74. The number of hydrogen-bond donors (Lipinski definition) is 1. The molecule has 0 aliphatic rings. The summed E-state index contributed by atoms with van der Waals surface area (Å²) < 4.78 is 7.63. The quantitative estimate of drug-likeness (QED) is 0.801. The average molecular weight is 225 g/mol. The topological polar surface area (TPSA) is 39.1 Å². The first-order valence-electron chi connectivity index (χ1n) is 5.88.